The van der Waals surface area contributed by atoms with Gasteiger partial charge < -0.3 is 10.4 Å². The second-order valence-electron chi connectivity index (χ2n) is 3.59. The summed E-state index contributed by atoms with van der Waals surface area (Å²) in [4.78, 5) is 11.9. The van der Waals surface area contributed by atoms with Crippen molar-refractivity contribution in [1.82, 2.24) is 5.32 Å². The van der Waals surface area contributed by atoms with Crippen LogP contribution in [0.5, 0.6) is 0 Å². The summed E-state index contributed by atoms with van der Waals surface area (Å²) in [6, 6.07) is 2.13. The second kappa shape index (κ2) is 5.88. The van der Waals surface area contributed by atoms with Crippen LogP contribution in [-0.4, -0.2) is 17.6 Å². The fourth-order valence-electron chi connectivity index (χ4n) is 1.33. The van der Waals surface area contributed by atoms with Crippen molar-refractivity contribution in [2.75, 3.05) is 6.54 Å². The Kier molecular flexibility index (Phi) is 4.78. The monoisotopic (exact) mass is 227 g/mol. The predicted octanol–water partition coefficient (Wildman–Crippen LogP) is 2.12. The van der Waals surface area contributed by atoms with Crippen LogP contribution in [-0.2, 0) is 17.8 Å². The van der Waals surface area contributed by atoms with Gasteiger partial charge in [0, 0.05) is 18.0 Å². The summed E-state index contributed by atoms with van der Waals surface area (Å²) in [6.07, 6.45) is 1.04. The summed E-state index contributed by atoms with van der Waals surface area (Å²) in [5.41, 5.74) is 1.36. The molecule has 0 aromatic carbocycles. The SMILES string of the molecule is CCc1ccsc1CNCC(C)C(=O)O. The molecule has 0 aliphatic rings. The van der Waals surface area contributed by atoms with Gasteiger partial charge in [-0.2, -0.15) is 0 Å². The normalized spacial score (nSPS) is 12.7. The number of rotatable bonds is 6. The number of thiophene rings is 1. The lowest BCUT2D eigenvalue weighted by molar-refractivity contribution is -0.140. The van der Waals surface area contributed by atoms with Crippen molar-refractivity contribution in [3.05, 3.63) is 21.9 Å². The molecule has 0 radical (unpaired) electrons. The lowest BCUT2D eigenvalue weighted by Crippen LogP contribution is -2.25. The van der Waals surface area contributed by atoms with E-state index in [9.17, 15) is 4.79 Å². The van der Waals surface area contributed by atoms with E-state index in [2.05, 4.69) is 23.7 Å². The fraction of sp³-hybridized carbons (Fsp3) is 0.545. The molecule has 4 heteroatoms. The Morgan fingerprint density at radius 3 is 3.00 bits per heavy atom. The zero-order valence-electron chi connectivity index (χ0n) is 9.12. The molecule has 3 nitrogen and oxygen atoms in total. The molecule has 2 N–H and O–H groups in total. The van der Waals surface area contributed by atoms with E-state index >= 15 is 0 Å². The maximum Gasteiger partial charge on any atom is 0.307 e. The molecule has 1 rings (SSSR count). The van der Waals surface area contributed by atoms with Crippen LogP contribution in [0.2, 0.25) is 0 Å². The molecule has 1 atom stereocenters. The Morgan fingerprint density at radius 1 is 1.67 bits per heavy atom. The smallest absolute Gasteiger partial charge is 0.307 e. The molecule has 84 valence electrons. The van der Waals surface area contributed by atoms with Crippen molar-refractivity contribution in [3.63, 3.8) is 0 Å². The number of carbonyl (C=O) groups is 1. The highest BCUT2D eigenvalue weighted by Gasteiger charge is 2.10. The van der Waals surface area contributed by atoms with Gasteiger partial charge in [-0.3, -0.25) is 4.79 Å². The summed E-state index contributed by atoms with van der Waals surface area (Å²) >= 11 is 1.72. The van der Waals surface area contributed by atoms with Crippen LogP contribution in [0.15, 0.2) is 11.4 Å². The zero-order chi connectivity index (χ0) is 11.3. The molecule has 0 bridgehead atoms. The van der Waals surface area contributed by atoms with Gasteiger partial charge in [-0.15, -0.1) is 11.3 Å². The molecule has 1 aromatic heterocycles. The van der Waals surface area contributed by atoms with E-state index in [1.165, 1.54) is 10.4 Å². The predicted molar refractivity (Wildman–Crippen MR) is 62.2 cm³/mol. The van der Waals surface area contributed by atoms with E-state index < -0.39 is 5.97 Å². The van der Waals surface area contributed by atoms with Gasteiger partial charge in [0.15, 0.2) is 0 Å². The van der Waals surface area contributed by atoms with Crippen molar-refractivity contribution in [2.24, 2.45) is 5.92 Å². The summed E-state index contributed by atoms with van der Waals surface area (Å²) < 4.78 is 0. The van der Waals surface area contributed by atoms with Crippen LogP contribution in [0, 0.1) is 5.92 Å². The Morgan fingerprint density at radius 2 is 2.40 bits per heavy atom. The number of aliphatic carboxylic acids is 1. The molecular formula is C11H17NO2S. The van der Waals surface area contributed by atoms with Crippen molar-refractivity contribution >= 4 is 17.3 Å². The topological polar surface area (TPSA) is 49.3 Å². The molecule has 1 aromatic rings. The van der Waals surface area contributed by atoms with E-state index in [1.54, 1.807) is 18.3 Å². The van der Waals surface area contributed by atoms with Gasteiger partial charge in [0.25, 0.3) is 0 Å². The van der Waals surface area contributed by atoms with Crippen molar-refractivity contribution < 1.29 is 9.90 Å². The van der Waals surface area contributed by atoms with Gasteiger partial charge in [-0.1, -0.05) is 13.8 Å². The number of nitrogens with one attached hydrogen (secondary N) is 1. The maximum absolute atomic E-state index is 10.6. The standard InChI is InChI=1S/C11H17NO2S/c1-3-9-4-5-15-10(9)7-12-6-8(2)11(13)14/h4-5,8,12H,3,6-7H2,1-2H3,(H,13,14). The van der Waals surface area contributed by atoms with E-state index in [1.807, 2.05) is 0 Å². The lowest BCUT2D eigenvalue weighted by atomic mass is 10.2. The molecule has 1 unspecified atom stereocenters. The number of hydrogen-bond donors (Lipinski definition) is 2. The third-order valence-corrected chi connectivity index (χ3v) is 3.34. The number of aryl methyl sites for hydroxylation is 1. The molecule has 15 heavy (non-hydrogen) atoms. The second-order valence-corrected chi connectivity index (χ2v) is 4.59. The Balaban J connectivity index is 2.34. The molecule has 0 saturated heterocycles. The van der Waals surface area contributed by atoms with Gasteiger partial charge in [-0.05, 0) is 23.4 Å². The highest BCUT2D eigenvalue weighted by Crippen LogP contribution is 2.16. The molecular weight excluding hydrogens is 210 g/mol. The highest BCUT2D eigenvalue weighted by molar-refractivity contribution is 7.10. The summed E-state index contributed by atoms with van der Waals surface area (Å²) in [6.45, 7) is 5.14. The number of carboxylic acid groups (broad SMARTS) is 1. The van der Waals surface area contributed by atoms with Gasteiger partial charge in [0.2, 0.25) is 0 Å². The van der Waals surface area contributed by atoms with E-state index in [4.69, 9.17) is 5.11 Å². The van der Waals surface area contributed by atoms with Crippen molar-refractivity contribution in [2.45, 2.75) is 26.8 Å². The quantitative estimate of drug-likeness (QED) is 0.782. The van der Waals surface area contributed by atoms with Crippen LogP contribution in [0.3, 0.4) is 0 Å². The molecule has 0 aliphatic carbocycles. The first-order valence-electron chi connectivity index (χ1n) is 5.14. The largest absolute Gasteiger partial charge is 0.481 e. The van der Waals surface area contributed by atoms with Crippen LogP contribution in [0.4, 0.5) is 0 Å². The summed E-state index contributed by atoms with van der Waals surface area (Å²) in [5.74, 6) is -1.07. The van der Waals surface area contributed by atoms with Gasteiger partial charge >= 0.3 is 5.97 Å². The van der Waals surface area contributed by atoms with Gasteiger partial charge in [-0.25, -0.2) is 0 Å². The Labute approximate surface area is 94.1 Å². The highest BCUT2D eigenvalue weighted by atomic mass is 32.1. The first kappa shape index (κ1) is 12.2. The van der Waals surface area contributed by atoms with Crippen LogP contribution in [0.25, 0.3) is 0 Å². The van der Waals surface area contributed by atoms with Gasteiger partial charge in [0.05, 0.1) is 5.92 Å². The first-order valence-corrected chi connectivity index (χ1v) is 6.01. The van der Waals surface area contributed by atoms with Crippen LogP contribution < -0.4 is 5.32 Å². The minimum absolute atomic E-state index is 0.324. The molecule has 1 heterocycles. The third-order valence-electron chi connectivity index (χ3n) is 2.38. The van der Waals surface area contributed by atoms with Gasteiger partial charge in [0.1, 0.15) is 0 Å². The molecule has 0 amide bonds. The van der Waals surface area contributed by atoms with E-state index in [0.717, 1.165) is 13.0 Å². The third kappa shape index (κ3) is 3.64. The average Bonchev–Trinajstić information content (AvgIpc) is 2.65. The maximum atomic E-state index is 10.6. The minimum atomic E-state index is -0.746. The molecule has 0 aliphatic heterocycles. The number of carboxylic acids is 1. The van der Waals surface area contributed by atoms with Crippen molar-refractivity contribution in [3.8, 4) is 0 Å². The molecule has 0 fully saturated rings. The fourth-order valence-corrected chi connectivity index (χ4v) is 2.27. The summed E-state index contributed by atoms with van der Waals surface area (Å²) in [7, 11) is 0. The summed E-state index contributed by atoms with van der Waals surface area (Å²) in [5, 5.41) is 14.0. The minimum Gasteiger partial charge on any atom is -0.481 e. The lowest BCUT2D eigenvalue weighted by Gasteiger charge is -2.08. The average molecular weight is 227 g/mol. The molecule has 0 saturated carbocycles. The number of hydrogen-bond acceptors (Lipinski definition) is 3. The molecule has 0 spiro atoms. The first-order chi connectivity index (χ1) is 7.15. The Hall–Kier alpha value is -0.870. The van der Waals surface area contributed by atoms with E-state index in [-0.39, 0.29) is 5.92 Å². The van der Waals surface area contributed by atoms with Crippen LogP contribution >= 0.6 is 11.3 Å². The van der Waals surface area contributed by atoms with E-state index in [0.29, 0.717) is 6.54 Å². The Bertz CT molecular complexity index is 322. The zero-order valence-corrected chi connectivity index (χ0v) is 9.93. The van der Waals surface area contributed by atoms with Crippen LogP contribution in [0.1, 0.15) is 24.3 Å². The van der Waals surface area contributed by atoms with Crippen molar-refractivity contribution in [1.29, 1.82) is 0 Å².